The Morgan fingerprint density at radius 1 is 1.06 bits per heavy atom. The Morgan fingerprint density at radius 2 is 1.71 bits per heavy atom. The molecule has 5 heteroatoms. The number of hydrogen-bond donors (Lipinski definition) is 0. The fourth-order valence-corrected chi connectivity index (χ4v) is 1.66. The van der Waals surface area contributed by atoms with Gasteiger partial charge in [-0.1, -0.05) is 29.8 Å². The third kappa shape index (κ3) is 7.10. The van der Waals surface area contributed by atoms with E-state index in [0.29, 0.717) is 13.2 Å². The molecule has 0 N–H and O–H groups in total. The molecule has 0 atom stereocenters. The molecule has 0 unspecified atom stereocenters. The van der Waals surface area contributed by atoms with Crippen molar-refractivity contribution in [2.45, 2.75) is 13.3 Å². The summed E-state index contributed by atoms with van der Waals surface area (Å²) in [6.45, 7) is 2.98. The van der Waals surface area contributed by atoms with Crippen molar-refractivity contribution in [3.63, 3.8) is 0 Å². The van der Waals surface area contributed by atoms with E-state index in [2.05, 4.69) is 28.4 Å². The SMILES string of the molecule is Cc1ccc(CCOCCOS(C)(=O)=O)cc1. The van der Waals surface area contributed by atoms with E-state index < -0.39 is 10.1 Å². The van der Waals surface area contributed by atoms with Gasteiger partial charge in [0.25, 0.3) is 10.1 Å². The number of benzene rings is 1. The largest absolute Gasteiger partial charge is 0.379 e. The fraction of sp³-hybridized carbons (Fsp3) is 0.500. The lowest BCUT2D eigenvalue weighted by atomic mass is 10.1. The van der Waals surface area contributed by atoms with Crippen molar-refractivity contribution in [2.24, 2.45) is 0 Å². The van der Waals surface area contributed by atoms with Crippen molar-refractivity contribution < 1.29 is 17.3 Å². The number of aryl methyl sites for hydroxylation is 1. The van der Waals surface area contributed by atoms with Crippen LogP contribution >= 0.6 is 0 Å². The topological polar surface area (TPSA) is 52.6 Å². The van der Waals surface area contributed by atoms with E-state index in [9.17, 15) is 8.42 Å². The van der Waals surface area contributed by atoms with Crippen LogP contribution in [0.25, 0.3) is 0 Å². The van der Waals surface area contributed by atoms with Crippen molar-refractivity contribution >= 4 is 10.1 Å². The van der Waals surface area contributed by atoms with Gasteiger partial charge in [0.2, 0.25) is 0 Å². The van der Waals surface area contributed by atoms with E-state index in [1.807, 2.05) is 6.92 Å². The van der Waals surface area contributed by atoms with E-state index in [-0.39, 0.29) is 6.61 Å². The lowest BCUT2D eigenvalue weighted by Crippen LogP contribution is -2.10. The number of hydrogen-bond acceptors (Lipinski definition) is 4. The molecule has 0 aliphatic heterocycles. The van der Waals surface area contributed by atoms with Gasteiger partial charge in [0.15, 0.2) is 0 Å². The molecule has 0 heterocycles. The molecule has 4 nitrogen and oxygen atoms in total. The summed E-state index contributed by atoms with van der Waals surface area (Å²) in [4.78, 5) is 0. The van der Waals surface area contributed by atoms with Crippen molar-refractivity contribution in [3.8, 4) is 0 Å². The van der Waals surface area contributed by atoms with Crippen LogP contribution in [0.15, 0.2) is 24.3 Å². The Balaban J connectivity index is 2.10. The molecule has 0 fully saturated rings. The van der Waals surface area contributed by atoms with Crippen LogP contribution in [-0.4, -0.2) is 34.5 Å². The molecule has 96 valence electrons. The lowest BCUT2D eigenvalue weighted by molar-refractivity contribution is 0.105. The van der Waals surface area contributed by atoms with Gasteiger partial charge in [-0.05, 0) is 18.9 Å². The van der Waals surface area contributed by atoms with Crippen molar-refractivity contribution in [1.29, 1.82) is 0 Å². The Hall–Kier alpha value is -0.910. The highest BCUT2D eigenvalue weighted by atomic mass is 32.2. The summed E-state index contributed by atoms with van der Waals surface area (Å²) in [6, 6.07) is 8.24. The molecule has 1 aromatic carbocycles. The Bertz CT molecular complexity index is 422. The van der Waals surface area contributed by atoms with Crippen LogP contribution in [0, 0.1) is 6.92 Å². The average molecular weight is 258 g/mol. The first-order chi connectivity index (χ1) is 7.97. The normalized spacial score (nSPS) is 11.6. The minimum absolute atomic E-state index is 0.0761. The van der Waals surface area contributed by atoms with Crippen LogP contribution in [0.3, 0.4) is 0 Å². The van der Waals surface area contributed by atoms with E-state index in [0.717, 1.165) is 12.7 Å². The summed E-state index contributed by atoms with van der Waals surface area (Å²) >= 11 is 0. The highest BCUT2D eigenvalue weighted by Gasteiger charge is 2.00. The van der Waals surface area contributed by atoms with Crippen LogP contribution in [0.5, 0.6) is 0 Å². The minimum atomic E-state index is -3.35. The second-order valence-electron chi connectivity index (χ2n) is 3.87. The van der Waals surface area contributed by atoms with Gasteiger partial charge in [0, 0.05) is 0 Å². The van der Waals surface area contributed by atoms with Gasteiger partial charge in [-0.25, -0.2) is 0 Å². The van der Waals surface area contributed by atoms with E-state index in [1.165, 1.54) is 11.1 Å². The fourth-order valence-electron chi connectivity index (χ4n) is 1.29. The van der Waals surface area contributed by atoms with E-state index >= 15 is 0 Å². The van der Waals surface area contributed by atoms with Crippen molar-refractivity contribution in [3.05, 3.63) is 35.4 Å². The predicted octanol–water partition coefficient (Wildman–Crippen LogP) is 1.53. The van der Waals surface area contributed by atoms with E-state index in [1.54, 1.807) is 0 Å². The summed E-state index contributed by atoms with van der Waals surface area (Å²) < 4.78 is 31.1. The zero-order valence-electron chi connectivity index (χ0n) is 10.2. The van der Waals surface area contributed by atoms with Crippen molar-refractivity contribution in [1.82, 2.24) is 0 Å². The third-order valence-corrected chi connectivity index (χ3v) is 2.78. The highest BCUT2D eigenvalue weighted by molar-refractivity contribution is 7.85. The maximum Gasteiger partial charge on any atom is 0.264 e. The maximum atomic E-state index is 10.6. The van der Waals surface area contributed by atoms with Crippen LogP contribution in [0.2, 0.25) is 0 Å². The summed E-state index contributed by atoms with van der Waals surface area (Å²) in [5.74, 6) is 0. The zero-order valence-corrected chi connectivity index (χ0v) is 11.0. The molecular weight excluding hydrogens is 240 g/mol. The Morgan fingerprint density at radius 3 is 2.29 bits per heavy atom. The third-order valence-electron chi connectivity index (χ3n) is 2.18. The second kappa shape index (κ2) is 6.74. The second-order valence-corrected chi connectivity index (χ2v) is 5.52. The number of ether oxygens (including phenoxy) is 1. The molecule has 0 aliphatic carbocycles. The molecule has 1 aromatic rings. The molecule has 0 spiro atoms. The van der Waals surface area contributed by atoms with Gasteiger partial charge in [-0.2, -0.15) is 8.42 Å². The maximum absolute atomic E-state index is 10.6. The molecule has 1 rings (SSSR count). The monoisotopic (exact) mass is 258 g/mol. The van der Waals surface area contributed by atoms with Gasteiger partial charge >= 0.3 is 0 Å². The van der Waals surface area contributed by atoms with Crippen molar-refractivity contribution in [2.75, 3.05) is 26.1 Å². The first kappa shape index (κ1) is 14.2. The lowest BCUT2D eigenvalue weighted by Gasteiger charge is -2.04. The van der Waals surface area contributed by atoms with Crippen LogP contribution in [-0.2, 0) is 25.5 Å². The zero-order chi connectivity index (χ0) is 12.7. The molecule has 0 radical (unpaired) electrons. The summed E-state index contributed by atoms with van der Waals surface area (Å²) in [5, 5.41) is 0. The van der Waals surface area contributed by atoms with Gasteiger partial charge in [-0.15, -0.1) is 0 Å². The first-order valence-corrected chi connectivity index (χ1v) is 7.27. The molecule has 0 saturated carbocycles. The number of rotatable bonds is 7. The van der Waals surface area contributed by atoms with Crippen LogP contribution < -0.4 is 0 Å². The first-order valence-electron chi connectivity index (χ1n) is 5.45. The molecule has 0 bridgehead atoms. The van der Waals surface area contributed by atoms with Gasteiger partial charge in [0.1, 0.15) is 0 Å². The smallest absolute Gasteiger partial charge is 0.264 e. The Labute approximate surface area is 103 Å². The molecule has 0 aromatic heterocycles. The molecule has 0 saturated heterocycles. The summed E-state index contributed by atoms with van der Waals surface area (Å²) in [5.41, 5.74) is 2.44. The quantitative estimate of drug-likeness (QED) is 0.550. The minimum Gasteiger partial charge on any atom is -0.379 e. The molecule has 0 aliphatic rings. The molecular formula is C12H18O4S. The average Bonchev–Trinajstić information content (AvgIpc) is 2.24. The summed E-state index contributed by atoms with van der Waals surface area (Å²) in [7, 11) is -3.35. The van der Waals surface area contributed by atoms with Gasteiger partial charge < -0.3 is 4.74 Å². The molecule has 0 amide bonds. The van der Waals surface area contributed by atoms with Crippen LogP contribution in [0.1, 0.15) is 11.1 Å². The highest BCUT2D eigenvalue weighted by Crippen LogP contribution is 2.03. The standard InChI is InChI=1S/C12H18O4S/c1-11-3-5-12(6-4-11)7-8-15-9-10-16-17(2,13)14/h3-6H,7-10H2,1-2H3. The summed E-state index contributed by atoms with van der Waals surface area (Å²) in [6.07, 6.45) is 1.85. The Kier molecular flexibility index (Phi) is 5.61. The predicted molar refractivity (Wildman–Crippen MR) is 66.5 cm³/mol. The van der Waals surface area contributed by atoms with Crippen LogP contribution in [0.4, 0.5) is 0 Å². The van der Waals surface area contributed by atoms with Gasteiger partial charge in [-0.3, -0.25) is 4.18 Å². The van der Waals surface area contributed by atoms with Gasteiger partial charge in [0.05, 0.1) is 26.1 Å². The van der Waals surface area contributed by atoms with E-state index in [4.69, 9.17) is 4.74 Å². The molecule has 17 heavy (non-hydrogen) atoms.